The molecule has 0 radical (unpaired) electrons. The second kappa shape index (κ2) is 6.64. The molecule has 2 aromatic rings. The van der Waals surface area contributed by atoms with Gasteiger partial charge in [-0.1, -0.05) is 37.6 Å². The van der Waals surface area contributed by atoms with Crippen molar-refractivity contribution in [3.8, 4) is 0 Å². The molecule has 0 atom stereocenters. The van der Waals surface area contributed by atoms with Crippen molar-refractivity contribution in [2.45, 2.75) is 32.9 Å². The molecule has 19 heavy (non-hydrogen) atoms. The molecule has 0 aliphatic heterocycles. The average Bonchev–Trinajstić information content (AvgIpc) is 2.40. The van der Waals surface area contributed by atoms with Gasteiger partial charge in [0.05, 0.1) is 0 Å². The van der Waals surface area contributed by atoms with E-state index in [1.807, 2.05) is 36.7 Å². The van der Waals surface area contributed by atoms with E-state index in [-0.39, 0.29) is 0 Å². The van der Waals surface area contributed by atoms with Gasteiger partial charge in [0.1, 0.15) is 5.82 Å². The second-order valence-electron chi connectivity index (χ2n) is 4.85. The van der Waals surface area contributed by atoms with Crippen molar-refractivity contribution in [3.05, 3.63) is 58.6 Å². The van der Waals surface area contributed by atoms with Crippen LogP contribution in [0.15, 0.2) is 36.7 Å². The topological polar surface area (TPSA) is 37.8 Å². The van der Waals surface area contributed by atoms with E-state index < -0.39 is 0 Å². The average molecular weight is 276 g/mol. The smallest absolute Gasteiger partial charge is 0.132 e. The van der Waals surface area contributed by atoms with Crippen molar-refractivity contribution < 1.29 is 0 Å². The summed E-state index contributed by atoms with van der Waals surface area (Å²) >= 11 is 5.86. The summed E-state index contributed by atoms with van der Waals surface area (Å²) in [5.74, 6) is 0.829. The number of benzene rings is 1. The predicted molar refractivity (Wildman–Crippen MR) is 78.3 cm³/mol. The van der Waals surface area contributed by atoms with Crippen LogP contribution in [0.4, 0.5) is 0 Å². The van der Waals surface area contributed by atoms with Crippen LogP contribution in [0.25, 0.3) is 0 Å². The Labute approximate surface area is 119 Å². The first-order valence-corrected chi connectivity index (χ1v) is 6.79. The zero-order valence-corrected chi connectivity index (χ0v) is 12.0. The summed E-state index contributed by atoms with van der Waals surface area (Å²) < 4.78 is 0. The van der Waals surface area contributed by atoms with Gasteiger partial charge >= 0.3 is 0 Å². The maximum Gasteiger partial charge on any atom is 0.132 e. The van der Waals surface area contributed by atoms with Crippen LogP contribution in [0, 0.1) is 0 Å². The van der Waals surface area contributed by atoms with Gasteiger partial charge in [-0.15, -0.1) is 0 Å². The van der Waals surface area contributed by atoms with Gasteiger partial charge < -0.3 is 5.32 Å². The molecule has 0 bridgehead atoms. The highest BCUT2D eigenvalue weighted by atomic mass is 35.5. The lowest BCUT2D eigenvalue weighted by molar-refractivity contribution is 0.586. The maximum atomic E-state index is 5.86. The van der Waals surface area contributed by atoms with Crippen molar-refractivity contribution in [1.29, 1.82) is 0 Å². The second-order valence-corrected chi connectivity index (χ2v) is 5.28. The van der Waals surface area contributed by atoms with Gasteiger partial charge in [-0.25, -0.2) is 9.97 Å². The zero-order valence-electron chi connectivity index (χ0n) is 11.2. The van der Waals surface area contributed by atoms with Gasteiger partial charge in [-0.05, 0) is 17.7 Å². The molecule has 2 rings (SSSR count). The summed E-state index contributed by atoms with van der Waals surface area (Å²) in [5, 5.41) is 4.09. The van der Waals surface area contributed by atoms with E-state index in [1.165, 1.54) is 0 Å². The normalized spacial score (nSPS) is 10.9. The van der Waals surface area contributed by atoms with Gasteiger partial charge in [0.25, 0.3) is 0 Å². The summed E-state index contributed by atoms with van der Waals surface area (Å²) in [4.78, 5) is 8.78. The molecular weight excluding hydrogens is 258 g/mol. The minimum atomic E-state index is 0.466. The molecule has 0 aliphatic carbocycles. The number of hydrogen-bond donors (Lipinski definition) is 1. The first-order valence-electron chi connectivity index (χ1n) is 6.41. The van der Waals surface area contributed by atoms with Crippen LogP contribution in [0.5, 0.6) is 0 Å². The fraction of sp³-hybridized carbons (Fsp3) is 0.333. The van der Waals surface area contributed by atoms with Crippen molar-refractivity contribution in [2.24, 2.45) is 0 Å². The molecule has 1 heterocycles. The molecule has 0 spiro atoms. The fourth-order valence-electron chi connectivity index (χ4n) is 1.67. The molecule has 0 fully saturated rings. The lowest BCUT2D eigenvalue weighted by atomic mass is 10.1. The maximum absolute atomic E-state index is 5.86. The van der Waals surface area contributed by atoms with Crippen molar-refractivity contribution in [3.63, 3.8) is 0 Å². The number of nitrogens with zero attached hydrogens (tertiary/aromatic N) is 2. The van der Waals surface area contributed by atoms with E-state index in [9.17, 15) is 0 Å². The summed E-state index contributed by atoms with van der Waals surface area (Å²) in [6.45, 7) is 5.05. The molecular formula is C15H18ClN3. The van der Waals surface area contributed by atoms with Crippen LogP contribution < -0.4 is 5.32 Å². The highest BCUT2D eigenvalue weighted by molar-refractivity contribution is 6.30. The summed E-state index contributed by atoms with van der Waals surface area (Å²) in [5.41, 5.74) is 2.27. The highest BCUT2D eigenvalue weighted by Gasteiger charge is 2.01. The Kier molecular flexibility index (Phi) is 4.88. The molecule has 0 aliphatic rings. The number of aromatic nitrogens is 2. The van der Waals surface area contributed by atoms with Crippen LogP contribution >= 0.6 is 11.6 Å². The van der Waals surface area contributed by atoms with Gasteiger partial charge in [0.15, 0.2) is 0 Å². The van der Waals surface area contributed by atoms with Crippen LogP contribution in [-0.4, -0.2) is 16.0 Å². The summed E-state index contributed by atoms with van der Waals surface area (Å²) in [6, 6.07) is 8.24. The molecule has 3 nitrogen and oxygen atoms in total. The molecule has 100 valence electrons. The molecule has 0 amide bonds. The Bertz CT molecular complexity index is 506. The van der Waals surface area contributed by atoms with Crippen molar-refractivity contribution in [2.75, 3.05) is 0 Å². The summed E-state index contributed by atoms with van der Waals surface area (Å²) in [7, 11) is 0. The van der Waals surface area contributed by atoms with Crippen LogP contribution in [0.1, 0.15) is 30.8 Å². The van der Waals surface area contributed by atoms with Gasteiger partial charge in [0, 0.05) is 42.0 Å². The highest BCUT2D eigenvalue weighted by Crippen LogP contribution is 2.11. The minimum Gasteiger partial charge on any atom is -0.310 e. The fourth-order valence-corrected chi connectivity index (χ4v) is 1.80. The Hall–Kier alpha value is -1.45. The number of rotatable bonds is 5. The first kappa shape index (κ1) is 14.0. The van der Waals surface area contributed by atoms with Crippen molar-refractivity contribution in [1.82, 2.24) is 15.3 Å². The third-order valence-electron chi connectivity index (χ3n) is 2.75. The van der Waals surface area contributed by atoms with E-state index in [0.29, 0.717) is 6.04 Å². The van der Waals surface area contributed by atoms with Gasteiger partial charge in [0.2, 0.25) is 0 Å². The van der Waals surface area contributed by atoms with Gasteiger partial charge in [-0.2, -0.15) is 0 Å². The predicted octanol–water partition coefficient (Wildman–Crippen LogP) is 3.22. The molecule has 1 aromatic carbocycles. The van der Waals surface area contributed by atoms with Crippen molar-refractivity contribution >= 4 is 11.6 Å². The van der Waals surface area contributed by atoms with E-state index in [4.69, 9.17) is 11.6 Å². The largest absolute Gasteiger partial charge is 0.310 e. The molecule has 0 saturated heterocycles. The third kappa shape index (κ3) is 4.62. The van der Waals surface area contributed by atoms with E-state index in [2.05, 4.69) is 29.1 Å². The SMILES string of the molecule is CC(C)NCc1cnc(Cc2ccc(Cl)cc2)nc1. The monoisotopic (exact) mass is 275 g/mol. The van der Waals surface area contributed by atoms with Crippen LogP contribution in [-0.2, 0) is 13.0 Å². The molecule has 0 saturated carbocycles. The van der Waals surface area contributed by atoms with Crippen LogP contribution in [0.3, 0.4) is 0 Å². The lowest BCUT2D eigenvalue weighted by Crippen LogP contribution is -2.22. The third-order valence-corrected chi connectivity index (χ3v) is 3.00. The van der Waals surface area contributed by atoms with Crippen LogP contribution in [0.2, 0.25) is 5.02 Å². The van der Waals surface area contributed by atoms with E-state index in [1.54, 1.807) is 0 Å². The quantitative estimate of drug-likeness (QED) is 0.910. The minimum absolute atomic E-state index is 0.466. The molecule has 1 N–H and O–H groups in total. The first-order chi connectivity index (χ1) is 9.13. The standard InChI is InChI=1S/C15H18ClN3/c1-11(2)17-8-13-9-18-15(19-10-13)7-12-3-5-14(16)6-4-12/h3-6,9-11,17H,7-8H2,1-2H3. The number of halogens is 1. The Balaban J connectivity index is 1.96. The summed E-state index contributed by atoms with van der Waals surface area (Å²) in [6.07, 6.45) is 4.50. The zero-order chi connectivity index (χ0) is 13.7. The van der Waals surface area contributed by atoms with E-state index >= 15 is 0 Å². The molecule has 0 unspecified atom stereocenters. The Morgan fingerprint density at radius 2 is 1.68 bits per heavy atom. The Morgan fingerprint density at radius 3 is 2.26 bits per heavy atom. The van der Waals surface area contributed by atoms with Gasteiger partial charge in [-0.3, -0.25) is 0 Å². The number of nitrogens with one attached hydrogen (secondary N) is 1. The lowest BCUT2D eigenvalue weighted by Gasteiger charge is -2.07. The molecule has 1 aromatic heterocycles. The Morgan fingerprint density at radius 1 is 1.05 bits per heavy atom. The number of hydrogen-bond acceptors (Lipinski definition) is 3. The van der Waals surface area contributed by atoms with E-state index in [0.717, 1.165) is 34.9 Å². The molecule has 4 heteroatoms.